The quantitative estimate of drug-likeness (QED) is 0.144. The smallest absolute Gasteiger partial charge is 0.137 e. The minimum Gasteiger partial charge on any atom is -0.456 e. The van der Waals surface area contributed by atoms with E-state index < -0.39 is 0 Å². The Morgan fingerprint density at radius 2 is 0.779 bits per heavy atom. The van der Waals surface area contributed by atoms with Crippen LogP contribution in [0.25, 0.3) is 82.5 Å². The summed E-state index contributed by atoms with van der Waals surface area (Å²) in [6.45, 7) is 0. The highest BCUT2D eigenvalue weighted by atomic mass is 16.3. The maximum atomic E-state index is 6.46. The second-order valence-electron chi connectivity index (χ2n) is 17.3. The fourth-order valence-corrected chi connectivity index (χ4v) is 10.2. The molecule has 0 saturated carbocycles. The van der Waals surface area contributed by atoms with Gasteiger partial charge in [0.05, 0.1) is 16.7 Å². The van der Waals surface area contributed by atoms with Crippen LogP contribution in [-0.2, 0) is 0 Å². The summed E-state index contributed by atoms with van der Waals surface area (Å²) in [5.41, 5.74) is 16.3. The Morgan fingerprint density at radius 1 is 0.279 bits per heavy atom. The maximum Gasteiger partial charge on any atom is 0.137 e. The maximum absolute atomic E-state index is 6.46. The standard InChI is InChI=1S/C64H43N3O/c1-4-16-44(17-5-1)45-28-32-50(33-29-45)66(52-37-39-59-58-25-13-15-27-63(58)68-64(59)43-52)61-41-40-53(54-22-10-11-23-55(54)61)46-30-34-49(35-31-46)65(47-18-6-2-7-19-47)51-36-38-57-56-24-12-14-26-60(56)67(62(57)42-51)48-20-8-3-9-21-48/h1-43H. The minimum atomic E-state index is 0.860. The lowest BCUT2D eigenvalue weighted by molar-refractivity contribution is 0.669. The molecule has 0 fully saturated rings. The average molecular weight is 870 g/mol. The molecule has 68 heavy (non-hydrogen) atoms. The molecular formula is C64H43N3O. The monoisotopic (exact) mass is 869 g/mol. The number of furan rings is 1. The molecule has 0 aliphatic heterocycles. The number of aromatic nitrogens is 1. The van der Waals surface area contributed by atoms with Crippen molar-refractivity contribution in [3.05, 3.63) is 261 Å². The Bertz CT molecular complexity index is 3950. The number of hydrogen-bond acceptors (Lipinski definition) is 3. The Kier molecular flexibility index (Phi) is 9.47. The summed E-state index contributed by atoms with van der Waals surface area (Å²) in [5.74, 6) is 0. The third-order valence-corrected chi connectivity index (χ3v) is 13.4. The van der Waals surface area contributed by atoms with Gasteiger partial charge in [-0.25, -0.2) is 0 Å². The van der Waals surface area contributed by atoms with E-state index in [0.29, 0.717) is 0 Å². The molecular weight excluding hydrogens is 827 g/mol. The molecule has 11 aromatic carbocycles. The molecule has 0 amide bonds. The van der Waals surface area contributed by atoms with Crippen molar-refractivity contribution in [2.45, 2.75) is 0 Å². The molecule has 0 aliphatic carbocycles. The first-order chi connectivity index (χ1) is 33.7. The first kappa shape index (κ1) is 39.3. The van der Waals surface area contributed by atoms with Crippen molar-refractivity contribution in [1.29, 1.82) is 0 Å². The topological polar surface area (TPSA) is 24.6 Å². The molecule has 2 heterocycles. The second-order valence-corrected chi connectivity index (χ2v) is 17.3. The van der Waals surface area contributed by atoms with Gasteiger partial charge >= 0.3 is 0 Å². The van der Waals surface area contributed by atoms with Crippen LogP contribution in [0.15, 0.2) is 265 Å². The zero-order chi connectivity index (χ0) is 45.0. The van der Waals surface area contributed by atoms with Crippen LogP contribution in [0.3, 0.4) is 0 Å². The van der Waals surface area contributed by atoms with E-state index in [2.05, 4.69) is 263 Å². The molecule has 2 aromatic heterocycles. The van der Waals surface area contributed by atoms with Crippen molar-refractivity contribution in [3.8, 4) is 27.9 Å². The highest BCUT2D eigenvalue weighted by Crippen LogP contribution is 2.45. The van der Waals surface area contributed by atoms with Gasteiger partial charge < -0.3 is 18.8 Å². The summed E-state index contributed by atoms with van der Waals surface area (Å²) in [7, 11) is 0. The van der Waals surface area contributed by atoms with Crippen molar-refractivity contribution in [1.82, 2.24) is 4.57 Å². The SMILES string of the molecule is c1ccc(-c2ccc(N(c3ccc4c(c3)oc3ccccc34)c3ccc(-c4ccc(N(c5ccccc5)c5ccc6c7ccccc7n(-c7ccccc7)c6c5)cc4)c4ccccc34)cc2)cc1. The van der Waals surface area contributed by atoms with Gasteiger partial charge in [0.25, 0.3) is 0 Å². The third kappa shape index (κ3) is 6.69. The number of benzene rings is 11. The van der Waals surface area contributed by atoms with Crippen molar-refractivity contribution in [3.63, 3.8) is 0 Å². The number of para-hydroxylation sites is 4. The fraction of sp³-hybridized carbons (Fsp3) is 0. The Hall–Kier alpha value is -9.12. The van der Waals surface area contributed by atoms with E-state index in [-0.39, 0.29) is 0 Å². The van der Waals surface area contributed by atoms with E-state index >= 15 is 0 Å². The van der Waals surface area contributed by atoms with E-state index in [9.17, 15) is 0 Å². The molecule has 4 nitrogen and oxygen atoms in total. The number of hydrogen-bond donors (Lipinski definition) is 0. The van der Waals surface area contributed by atoms with Crippen LogP contribution >= 0.6 is 0 Å². The van der Waals surface area contributed by atoms with E-state index in [1.54, 1.807) is 0 Å². The van der Waals surface area contributed by atoms with E-state index in [0.717, 1.165) is 78.2 Å². The largest absolute Gasteiger partial charge is 0.456 e. The zero-order valence-electron chi connectivity index (χ0n) is 37.1. The predicted molar refractivity (Wildman–Crippen MR) is 286 cm³/mol. The highest BCUT2D eigenvalue weighted by Gasteiger charge is 2.21. The van der Waals surface area contributed by atoms with Gasteiger partial charge in [0.1, 0.15) is 11.2 Å². The van der Waals surface area contributed by atoms with Gasteiger partial charge in [-0.1, -0.05) is 164 Å². The summed E-state index contributed by atoms with van der Waals surface area (Å²) in [6.07, 6.45) is 0. The molecule has 13 aromatic rings. The Labute approximate surface area is 394 Å². The molecule has 0 spiro atoms. The Balaban J connectivity index is 0.920. The van der Waals surface area contributed by atoms with Gasteiger partial charge in [0, 0.05) is 67.1 Å². The molecule has 0 radical (unpaired) electrons. The molecule has 0 bridgehead atoms. The van der Waals surface area contributed by atoms with Gasteiger partial charge in [-0.15, -0.1) is 0 Å². The van der Waals surface area contributed by atoms with Gasteiger partial charge in [-0.2, -0.15) is 0 Å². The molecule has 0 unspecified atom stereocenters. The van der Waals surface area contributed by atoms with Crippen LogP contribution in [0.2, 0.25) is 0 Å². The van der Waals surface area contributed by atoms with Crippen LogP contribution in [0.4, 0.5) is 34.1 Å². The molecule has 4 heteroatoms. The lowest BCUT2D eigenvalue weighted by atomic mass is 9.96. The molecule has 13 rings (SSSR count). The average Bonchev–Trinajstić information content (AvgIpc) is 3.95. The summed E-state index contributed by atoms with van der Waals surface area (Å²) in [4.78, 5) is 4.72. The first-order valence-corrected chi connectivity index (χ1v) is 23.2. The van der Waals surface area contributed by atoms with Crippen LogP contribution < -0.4 is 9.80 Å². The van der Waals surface area contributed by atoms with Crippen LogP contribution in [0, 0.1) is 0 Å². The zero-order valence-corrected chi connectivity index (χ0v) is 37.1. The molecule has 0 atom stereocenters. The highest BCUT2D eigenvalue weighted by molar-refractivity contribution is 6.11. The predicted octanol–water partition coefficient (Wildman–Crippen LogP) is 18.1. The van der Waals surface area contributed by atoms with E-state index in [1.165, 1.54) is 38.4 Å². The van der Waals surface area contributed by atoms with Gasteiger partial charge in [-0.3, -0.25) is 0 Å². The number of fused-ring (bicyclic) bond motifs is 7. The lowest BCUT2D eigenvalue weighted by Crippen LogP contribution is -2.10. The van der Waals surface area contributed by atoms with Crippen molar-refractivity contribution in [2.24, 2.45) is 0 Å². The molecule has 0 N–H and O–H groups in total. The summed E-state index contributed by atoms with van der Waals surface area (Å²) >= 11 is 0. The summed E-state index contributed by atoms with van der Waals surface area (Å²) < 4.78 is 8.85. The van der Waals surface area contributed by atoms with Gasteiger partial charge in [-0.05, 0) is 119 Å². The molecule has 320 valence electrons. The van der Waals surface area contributed by atoms with Crippen LogP contribution in [0.1, 0.15) is 0 Å². The lowest BCUT2D eigenvalue weighted by Gasteiger charge is -2.28. The van der Waals surface area contributed by atoms with Gasteiger partial charge in [0.2, 0.25) is 0 Å². The first-order valence-electron chi connectivity index (χ1n) is 23.2. The van der Waals surface area contributed by atoms with Gasteiger partial charge in [0.15, 0.2) is 0 Å². The Morgan fingerprint density at radius 3 is 1.53 bits per heavy atom. The van der Waals surface area contributed by atoms with E-state index in [4.69, 9.17) is 4.42 Å². The van der Waals surface area contributed by atoms with Crippen molar-refractivity contribution in [2.75, 3.05) is 9.80 Å². The van der Waals surface area contributed by atoms with Crippen molar-refractivity contribution >= 4 is 88.6 Å². The normalized spacial score (nSPS) is 11.5. The minimum absolute atomic E-state index is 0.860. The number of rotatable bonds is 9. The summed E-state index contributed by atoms with van der Waals surface area (Å²) in [5, 5.41) is 7.02. The van der Waals surface area contributed by atoms with Crippen molar-refractivity contribution < 1.29 is 4.42 Å². The molecule has 0 aliphatic rings. The van der Waals surface area contributed by atoms with Crippen LogP contribution in [0.5, 0.6) is 0 Å². The number of nitrogens with zero attached hydrogens (tertiary/aromatic N) is 3. The number of anilines is 6. The van der Waals surface area contributed by atoms with Crippen LogP contribution in [-0.4, -0.2) is 4.57 Å². The molecule has 0 saturated heterocycles. The fourth-order valence-electron chi connectivity index (χ4n) is 10.2. The second kappa shape index (κ2) is 16.4. The summed E-state index contributed by atoms with van der Waals surface area (Å²) in [6, 6.07) is 93.6. The van der Waals surface area contributed by atoms with E-state index in [1.807, 2.05) is 12.1 Å². The third-order valence-electron chi connectivity index (χ3n) is 13.4.